The molecular weight excluding hydrogens is 470 g/mol. The van der Waals surface area contributed by atoms with E-state index in [2.05, 4.69) is 16.0 Å². The number of amides is 3. The minimum Gasteiger partial charge on any atom is -0.508 e. The fourth-order valence-electron chi connectivity index (χ4n) is 3.37. The Labute approximate surface area is 210 Å². The summed E-state index contributed by atoms with van der Waals surface area (Å²) in [5.41, 5.74) is 11.8. The van der Waals surface area contributed by atoms with E-state index in [1.165, 1.54) is 19.1 Å². The van der Waals surface area contributed by atoms with Crippen LogP contribution in [0.1, 0.15) is 45.6 Å². The van der Waals surface area contributed by atoms with Crippen molar-refractivity contribution >= 4 is 23.7 Å². The zero-order valence-electron chi connectivity index (χ0n) is 20.9. The van der Waals surface area contributed by atoms with Gasteiger partial charge in [-0.3, -0.25) is 14.4 Å². The van der Waals surface area contributed by atoms with Crippen LogP contribution in [0, 0.1) is 5.92 Å². The van der Waals surface area contributed by atoms with Gasteiger partial charge in [-0.2, -0.15) is 0 Å². The number of aliphatic hydroxyl groups excluding tert-OH is 1. The van der Waals surface area contributed by atoms with Crippen molar-refractivity contribution in [2.45, 2.75) is 76.7 Å². The maximum atomic E-state index is 13.2. The number of hydrogen-bond donors (Lipinski definition) is 8. The lowest BCUT2D eigenvalue weighted by molar-refractivity contribution is -0.143. The standard InChI is InChI=1S/C24H39N5O7/c1-13(2)20(24(35)36)29-22(33)18(12-15-7-9-16(31)10-8-15)28-21(32)17(6-4-5-11-25)27-23(34)19(26)14(3)30/h7-10,13-14,17-20,30-31H,4-6,11-12,25-26H2,1-3H3,(H,27,34)(H,28,32)(H,29,33)(H,35,36). The molecule has 0 aromatic heterocycles. The highest BCUT2D eigenvalue weighted by atomic mass is 16.4. The molecule has 0 saturated heterocycles. The van der Waals surface area contributed by atoms with Crippen molar-refractivity contribution in [3.63, 3.8) is 0 Å². The van der Waals surface area contributed by atoms with Gasteiger partial charge in [0.05, 0.1) is 6.10 Å². The molecule has 0 aliphatic carbocycles. The molecule has 10 N–H and O–H groups in total. The number of carboxylic acids is 1. The fraction of sp³-hybridized carbons (Fsp3) is 0.583. The average Bonchev–Trinajstić information content (AvgIpc) is 2.81. The summed E-state index contributed by atoms with van der Waals surface area (Å²) in [4.78, 5) is 50.3. The number of aliphatic carboxylic acids is 1. The molecule has 0 bridgehead atoms. The predicted octanol–water partition coefficient (Wildman–Crippen LogP) is -1.03. The van der Waals surface area contributed by atoms with Gasteiger partial charge in [-0.05, 0) is 56.3 Å². The summed E-state index contributed by atoms with van der Waals surface area (Å²) in [5, 5.41) is 36.2. The number of rotatable bonds is 15. The number of carbonyl (C=O) groups is 4. The maximum Gasteiger partial charge on any atom is 0.326 e. The lowest BCUT2D eigenvalue weighted by atomic mass is 10.0. The third-order valence-electron chi connectivity index (χ3n) is 5.64. The predicted molar refractivity (Wildman–Crippen MR) is 133 cm³/mol. The van der Waals surface area contributed by atoms with Gasteiger partial charge in [0.25, 0.3) is 0 Å². The minimum absolute atomic E-state index is 0.00105. The molecule has 0 radical (unpaired) electrons. The Bertz CT molecular complexity index is 876. The van der Waals surface area contributed by atoms with Crippen LogP contribution in [-0.4, -0.2) is 75.8 Å². The fourth-order valence-corrected chi connectivity index (χ4v) is 3.37. The minimum atomic E-state index is -1.26. The van der Waals surface area contributed by atoms with Crippen molar-refractivity contribution in [1.82, 2.24) is 16.0 Å². The second-order valence-electron chi connectivity index (χ2n) is 9.11. The number of aromatic hydroxyl groups is 1. The van der Waals surface area contributed by atoms with Crippen molar-refractivity contribution < 1.29 is 34.5 Å². The quantitative estimate of drug-likeness (QED) is 0.135. The normalized spacial score (nSPS) is 15.3. The molecule has 3 amide bonds. The van der Waals surface area contributed by atoms with Crippen molar-refractivity contribution in [3.8, 4) is 5.75 Å². The van der Waals surface area contributed by atoms with Gasteiger partial charge in [-0.15, -0.1) is 0 Å². The molecule has 202 valence electrons. The topological polar surface area (TPSA) is 217 Å². The van der Waals surface area contributed by atoms with Gasteiger partial charge >= 0.3 is 5.97 Å². The zero-order valence-corrected chi connectivity index (χ0v) is 20.9. The van der Waals surface area contributed by atoms with E-state index in [4.69, 9.17) is 11.5 Å². The van der Waals surface area contributed by atoms with Crippen LogP contribution in [0.15, 0.2) is 24.3 Å². The van der Waals surface area contributed by atoms with Gasteiger partial charge in [0.1, 0.15) is 29.9 Å². The summed E-state index contributed by atoms with van der Waals surface area (Å²) in [6.45, 7) is 5.01. The van der Waals surface area contributed by atoms with Crippen molar-refractivity contribution in [2.75, 3.05) is 6.54 Å². The number of phenolic OH excluding ortho intramolecular Hbond substituents is 1. The number of carbonyl (C=O) groups excluding carboxylic acids is 3. The van der Waals surface area contributed by atoms with E-state index in [1.807, 2.05) is 0 Å². The first-order chi connectivity index (χ1) is 16.9. The summed E-state index contributed by atoms with van der Waals surface area (Å²) in [7, 11) is 0. The number of hydrogen-bond acceptors (Lipinski definition) is 8. The first kappa shape index (κ1) is 30.8. The second-order valence-corrected chi connectivity index (χ2v) is 9.11. The molecule has 0 spiro atoms. The number of aliphatic hydroxyl groups is 1. The van der Waals surface area contributed by atoms with Crippen LogP contribution in [0.25, 0.3) is 0 Å². The summed E-state index contributed by atoms with van der Waals surface area (Å²) >= 11 is 0. The lowest BCUT2D eigenvalue weighted by Gasteiger charge is -2.26. The highest BCUT2D eigenvalue weighted by molar-refractivity contribution is 5.94. The highest BCUT2D eigenvalue weighted by Gasteiger charge is 2.31. The first-order valence-corrected chi connectivity index (χ1v) is 11.9. The molecule has 12 nitrogen and oxygen atoms in total. The number of nitrogens with two attached hydrogens (primary N) is 2. The van der Waals surface area contributed by atoms with Gasteiger partial charge in [-0.1, -0.05) is 26.0 Å². The van der Waals surface area contributed by atoms with Crippen LogP contribution in [0.4, 0.5) is 0 Å². The van der Waals surface area contributed by atoms with Crippen LogP contribution >= 0.6 is 0 Å². The Kier molecular flexibility index (Phi) is 12.9. The Hall–Kier alpha value is -3.22. The molecular formula is C24H39N5O7. The van der Waals surface area contributed by atoms with Crippen LogP contribution in [0.2, 0.25) is 0 Å². The van der Waals surface area contributed by atoms with Crippen molar-refractivity contribution in [3.05, 3.63) is 29.8 Å². The number of carboxylic acid groups (broad SMARTS) is 1. The third-order valence-corrected chi connectivity index (χ3v) is 5.64. The number of nitrogens with one attached hydrogen (secondary N) is 3. The molecule has 1 aromatic carbocycles. The molecule has 1 rings (SSSR count). The number of benzene rings is 1. The van der Waals surface area contributed by atoms with E-state index in [0.29, 0.717) is 24.9 Å². The molecule has 12 heteroatoms. The van der Waals surface area contributed by atoms with Gasteiger partial charge in [0.15, 0.2) is 0 Å². The van der Waals surface area contributed by atoms with E-state index in [-0.39, 0.29) is 18.6 Å². The monoisotopic (exact) mass is 509 g/mol. The maximum absolute atomic E-state index is 13.2. The first-order valence-electron chi connectivity index (χ1n) is 11.9. The Morgan fingerprint density at radius 1 is 0.889 bits per heavy atom. The Morgan fingerprint density at radius 2 is 1.44 bits per heavy atom. The zero-order chi connectivity index (χ0) is 27.4. The Morgan fingerprint density at radius 3 is 1.94 bits per heavy atom. The molecule has 0 aliphatic rings. The van der Waals surface area contributed by atoms with Crippen LogP contribution in [-0.2, 0) is 25.6 Å². The molecule has 0 fully saturated rings. The van der Waals surface area contributed by atoms with Crippen LogP contribution in [0.3, 0.4) is 0 Å². The van der Waals surface area contributed by atoms with E-state index >= 15 is 0 Å². The summed E-state index contributed by atoms with van der Waals surface area (Å²) < 4.78 is 0. The molecule has 0 heterocycles. The van der Waals surface area contributed by atoms with E-state index < -0.39 is 59.9 Å². The van der Waals surface area contributed by atoms with Gasteiger partial charge < -0.3 is 42.7 Å². The van der Waals surface area contributed by atoms with Gasteiger partial charge in [0.2, 0.25) is 17.7 Å². The summed E-state index contributed by atoms with van der Waals surface area (Å²) in [6.07, 6.45) is 0.156. The lowest BCUT2D eigenvalue weighted by Crippen LogP contribution is -2.58. The molecule has 1 aromatic rings. The van der Waals surface area contributed by atoms with Crippen molar-refractivity contribution in [1.29, 1.82) is 0 Å². The summed E-state index contributed by atoms with van der Waals surface area (Å²) in [6, 6.07) is 1.31. The second kappa shape index (κ2) is 15.0. The molecule has 36 heavy (non-hydrogen) atoms. The largest absolute Gasteiger partial charge is 0.508 e. The van der Waals surface area contributed by atoms with Crippen molar-refractivity contribution in [2.24, 2.45) is 17.4 Å². The van der Waals surface area contributed by atoms with Gasteiger partial charge in [0, 0.05) is 6.42 Å². The molecule has 0 saturated carbocycles. The number of unbranched alkanes of at least 4 members (excludes halogenated alkanes) is 1. The van der Waals surface area contributed by atoms with Crippen LogP contribution < -0.4 is 27.4 Å². The number of phenols is 1. The SMILES string of the molecule is CC(C)C(NC(=O)C(Cc1ccc(O)cc1)NC(=O)C(CCCCN)NC(=O)C(N)C(C)O)C(=O)O. The smallest absolute Gasteiger partial charge is 0.326 e. The molecule has 5 atom stereocenters. The summed E-state index contributed by atoms with van der Waals surface area (Å²) in [5.74, 6) is -3.73. The van der Waals surface area contributed by atoms with Crippen LogP contribution in [0.5, 0.6) is 5.75 Å². The highest BCUT2D eigenvalue weighted by Crippen LogP contribution is 2.13. The Balaban J connectivity index is 3.16. The van der Waals surface area contributed by atoms with E-state index in [0.717, 1.165) is 0 Å². The van der Waals surface area contributed by atoms with E-state index in [1.54, 1.807) is 26.0 Å². The average molecular weight is 510 g/mol. The van der Waals surface area contributed by atoms with E-state index in [9.17, 15) is 34.5 Å². The molecule has 0 aliphatic heterocycles. The van der Waals surface area contributed by atoms with Gasteiger partial charge in [-0.25, -0.2) is 4.79 Å². The molecule has 5 unspecified atom stereocenters. The third kappa shape index (κ3) is 10.2.